The first kappa shape index (κ1) is 18.6. The van der Waals surface area contributed by atoms with Crippen LogP contribution in [0.15, 0.2) is 36.5 Å². The molecule has 1 amide bonds. The van der Waals surface area contributed by atoms with Gasteiger partial charge in [-0.15, -0.1) is 0 Å². The Hall–Kier alpha value is -2.71. The van der Waals surface area contributed by atoms with E-state index in [1.807, 2.05) is 0 Å². The molecule has 2 rings (SSSR count). The Kier molecular flexibility index (Phi) is 5.89. The van der Waals surface area contributed by atoms with Gasteiger partial charge in [-0.3, -0.25) is 4.79 Å². The highest BCUT2D eigenvalue weighted by Crippen LogP contribution is 2.28. The summed E-state index contributed by atoms with van der Waals surface area (Å²) in [5.74, 6) is -2.04. The van der Waals surface area contributed by atoms with E-state index in [4.69, 9.17) is 0 Å². The lowest BCUT2D eigenvalue weighted by Gasteiger charge is -2.09. The van der Waals surface area contributed by atoms with Crippen LogP contribution in [0.3, 0.4) is 0 Å². The number of hydrogen-bond acceptors (Lipinski definition) is 3. The SMILES string of the molecule is O=C(NCCCNc1ccc(C(F)(F)F)cn1)c1cc(F)cc(F)c1. The van der Waals surface area contributed by atoms with Gasteiger partial charge >= 0.3 is 6.18 Å². The normalized spacial score (nSPS) is 11.2. The van der Waals surface area contributed by atoms with Crippen molar-refractivity contribution in [1.29, 1.82) is 0 Å². The molecule has 4 nitrogen and oxygen atoms in total. The van der Waals surface area contributed by atoms with E-state index < -0.39 is 29.3 Å². The number of nitrogens with one attached hydrogen (secondary N) is 2. The molecule has 2 aromatic rings. The van der Waals surface area contributed by atoms with Gasteiger partial charge in [0.25, 0.3) is 5.91 Å². The number of pyridine rings is 1. The van der Waals surface area contributed by atoms with Gasteiger partial charge in [0.1, 0.15) is 17.5 Å². The average Bonchev–Trinajstić information content (AvgIpc) is 2.53. The highest BCUT2D eigenvalue weighted by molar-refractivity contribution is 5.94. The monoisotopic (exact) mass is 359 g/mol. The molecular weight excluding hydrogens is 345 g/mol. The Balaban J connectivity index is 1.73. The molecule has 0 spiro atoms. The maximum atomic E-state index is 13.0. The minimum absolute atomic E-state index is 0.130. The summed E-state index contributed by atoms with van der Waals surface area (Å²) in [7, 11) is 0. The molecule has 134 valence electrons. The van der Waals surface area contributed by atoms with Gasteiger partial charge in [0, 0.05) is 30.9 Å². The smallest absolute Gasteiger partial charge is 0.370 e. The van der Waals surface area contributed by atoms with Crippen molar-refractivity contribution in [2.24, 2.45) is 0 Å². The second-order valence-corrected chi connectivity index (χ2v) is 5.12. The van der Waals surface area contributed by atoms with Gasteiger partial charge in [0.05, 0.1) is 5.56 Å². The minimum Gasteiger partial charge on any atom is -0.370 e. The number of alkyl halides is 3. The Morgan fingerprint density at radius 3 is 2.28 bits per heavy atom. The van der Waals surface area contributed by atoms with E-state index in [1.54, 1.807) is 0 Å². The Morgan fingerprint density at radius 1 is 1.04 bits per heavy atom. The largest absolute Gasteiger partial charge is 0.417 e. The molecule has 9 heteroatoms. The number of hydrogen-bond donors (Lipinski definition) is 2. The van der Waals surface area contributed by atoms with Crippen molar-refractivity contribution >= 4 is 11.7 Å². The highest BCUT2D eigenvalue weighted by atomic mass is 19.4. The summed E-state index contributed by atoms with van der Waals surface area (Å²) in [6.07, 6.45) is -3.28. The summed E-state index contributed by atoms with van der Waals surface area (Å²) >= 11 is 0. The van der Waals surface area contributed by atoms with Crippen molar-refractivity contribution in [3.63, 3.8) is 0 Å². The predicted octanol–water partition coefficient (Wildman–Crippen LogP) is 3.61. The molecule has 1 heterocycles. The predicted molar refractivity (Wildman–Crippen MR) is 81.0 cm³/mol. The molecule has 0 atom stereocenters. The van der Waals surface area contributed by atoms with E-state index in [2.05, 4.69) is 15.6 Å². The van der Waals surface area contributed by atoms with E-state index in [1.165, 1.54) is 6.07 Å². The molecule has 0 aliphatic carbocycles. The van der Waals surface area contributed by atoms with Crippen LogP contribution in [-0.4, -0.2) is 24.0 Å². The fourth-order valence-corrected chi connectivity index (χ4v) is 1.96. The molecule has 1 aromatic heterocycles. The standard InChI is InChI=1S/C16H14F5N3O/c17-12-6-10(7-13(18)8-12)15(25)23-5-1-4-22-14-3-2-11(9-24-14)16(19,20)21/h2-3,6-9H,1,4-5H2,(H,22,24)(H,23,25). The first-order valence-electron chi connectivity index (χ1n) is 7.27. The number of rotatable bonds is 6. The van der Waals surface area contributed by atoms with Crippen molar-refractivity contribution in [2.45, 2.75) is 12.6 Å². The molecule has 0 aliphatic rings. The summed E-state index contributed by atoms with van der Waals surface area (Å²) in [6.45, 7) is 0.556. The molecule has 25 heavy (non-hydrogen) atoms. The summed E-state index contributed by atoms with van der Waals surface area (Å²) in [5, 5.41) is 5.29. The van der Waals surface area contributed by atoms with E-state index in [0.29, 0.717) is 19.0 Å². The summed E-state index contributed by atoms with van der Waals surface area (Å²) < 4.78 is 63.2. The van der Waals surface area contributed by atoms with Crippen molar-refractivity contribution < 1.29 is 26.7 Å². The molecule has 0 saturated heterocycles. The van der Waals surface area contributed by atoms with E-state index in [0.717, 1.165) is 24.4 Å². The van der Waals surface area contributed by atoms with Crippen LogP contribution < -0.4 is 10.6 Å². The number of amides is 1. The zero-order chi connectivity index (χ0) is 18.4. The molecule has 1 aromatic carbocycles. The molecular formula is C16H14F5N3O. The number of carbonyl (C=O) groups is 1. The number of anilines is 1. The van der Waals surface area contributed by atoms with Crippen LogP contribution in [0.2, 0.25) is 0 Å². The molecule has 2 N–H and O–H groups in total. The summed E-state index contributed by atoms with van der Waals surface area (Å²) in [5.41, 5.74) is -0.970. The van der Waals surface area contributed by atoms with E-state index in [-0.39, 0.29) is 17.9 Å². The zero-order valence-electron chi connectivity index (χ0n) is 12.8. The number of carbonyl (C=O) groups excluding carboxylic acids is 1. The lowest BCUT2D eigenvalue weighted by molar-refractivity contribution is -0.137. The number of benzene rings is 1. The lowest BCUT2D eigenvalue weighted by atomic mass is 10.2. The Labute approximate surface area is 140 Å². The van der Waals surface area contributed by atoms with Crippen LogP contribution in [0, 0.1) is 11.6 Å². The molecule has 0 fully saturated rings. The van der Waals surface area contributed by atoms with Crippen LogP contribution in [0.4, 0.5) is 27.8 Å². The Morgan fingerprint density at radius 2 is 1.72 bits per heavy atom. The van der Waals surface area contributed by atoms with E-state index >= 15 is 0 Å². The van der Waals surface area contributed by atoms with Gasteiger partial charge in [-0.1, -0.05) is 0 Å². The quantitative estimate of drug-likeness (QED) is 0.612. The van der Waals surface area contributed by atoms with Gasteiger partial charge in [-0.25, -0.2) is 13.8 Å². The molecule has 0 bridgehead atoms. The fourth-order valence-electron chi connectivity index (χ4n) is 1.96. The van der Waals surface area contributed by atoms with Gasteiger partial charge in [0.2, 0.25) is 0 Å². The number of halogens is 5. The molecule has 0 unspecified atom stereocenters. The minimum atomic E-state index is -4.44. The third kappa shape index (κ3) is 5.70. The lowest BCUT2D eigenvalue weighted by Crippen LogP contribution is -2.26. The molecule has 0 aliphatic heterocycles. The van der Waals surface area contributed by atoms with Crippen molar-refractivity contribution in [3.8, 4) is 0 Å². The van der Waals surface area contributed by atoms with Crippen LogP contribution in [0.1, 0.15) is 22.3 Å². The van der Waals surface area contributed by atoms with Crippen molar-refractivity contribution in [3.05, 3.63) is 59.3 Å². The maximum Gasteiger partial charge on any atom is 0.417 e. The summed E-state index contributed by atoms with van der Waals surface area (Å²) in [6, 6.07) is 4.62. The van der Waals surface area contributed by atoms with Gasteiger partial charge < -0.3 is 10.6 Å². The second kappa shape index (κ2) is 7.91. The van der Waals surface area contributed by atoms with E-state index in [9.17, 15) is 26.7 Å². The van der Waals surface area contributed by atoms with Crippen molar-refractivity contribution in [1.82, 2.24) is 10.3 Å². The zero-order valence-corrected chi connectivity index (χ0v) is 12.8. The summed E-state index contributed by atoms with van der Waals surface area (Å²) in [4.78, 5) is 15.4. The third-order valence-corrected chi connectivity index (χ3v) is 3.16. The van der Waals surface area contributed by atoms with Crippen LogP contribution in [0.25, 0.3) is 0 Å². The van der Waals surface area contributed by atoms with Crippen molar-refractivity contribution in [2.75, 3.05) is 18.4 Å². The number of aromatic nitrogens is 1. The van der Waals surface area contributed by atoms with Gasteiger partial charge in [-0.05, 0) is 30.7 Å². The first-order chi connectivity index (χ1) is 11.8. The van der Waals surface area contributed by atoms with Gasteiger partial charge in [0.15, 0.2) is 0 Å². The van der Waals surface area contributed by atoms with Crippen LogP contribution >= 0.6 is 0 Å². The highest BCUT2D eigenvalue weighted by Gasteiger charge is 2.30. The first-order valence-corrected chi connectivity index (χ1v) is 7.27. The molecule has 0 radical (unpaired) electrons. The second-order valence-electron chi connectivity index (χ2n) is 5.12. The fraction of sp³-hybridized carbons (Fsp3) is 0.250. The number of nitrogens with zero attached hydrogens (tertiary/aromatic N) is 1. The maximum absolute atomic E-state index is 13.0. The van der Waals surface area contributed by atoms with Gasteiger partial charge in [-0.2, -0.15) is 13.2 Å². The topological polar surface area (TPSA) is 54.0 Å². The third-order valence-electron chi connectivity index (χ3n) is 3.16. The van der Waals surface area contributed by atoms with Crippen LogP contribution in [0.5, 0.6) is 0 Å². The Bertz CT molecular complexity index is 711. The van der Waals surface area contributed by atoms with Crippen LogP contribution in [-0.2, 0) is 6.18 Å². The molecule has 0 saturated carbocycles. The average molecular weight is 359 g/mol.